The molecule has 1 heterocycles. The minimum atomic E-state index is -0.966. The van der Waals surface area contributed by atoms with E-state index >= 15 is 0 Å². The lowest BCUT2D eigenvalue weighted by Gasteiger charge is -2.08. The summed E-state index contributed by atoms with van der Waals surface area (Å²) in [5.74, 6) is -0.505. The lowest BCUT2D eigenvalue weighted by molar-refractivity contribution is -0.140. The van der Waals surface area contributed by atoms with E-state index in [0.29, 0.717) is 5.82 Å². The lowest BCUT2D eigenvalue weighted by atomic mass is 10.1. The fourth-order valence-corrected chi connectivity index (χ4v) is 1.53. The normalized spacial score (nSPS) is 12.4. The summed E-state index contributed by atoms with van der Waals surface area (Å²) in [5, 5.41) is 20.1. The molecule has 1 atom stereocenters. The summed E-state index contributed by atoms with van der Waals surface area (Å²) in [6.07, 6.45) is 0. The summed E-state index contributed by atoms with van der Waals surface area (Å²) in [4.78, 5) is 10.9. The fourth-order valence-electron chi connectivity index (χ4n) is 1.53. The highest BCUT2D eigenvalue weighted by Crippen LogP contribution is 2.19. The minimum absolute atomic E-state index is 0.462. The minimum Gasteiger partial charge on any atom is -0.480 e. The van der Waals surface area contributed by atoms with Crippen LogP contribution in [0.5, 0.6) is 0 Å². The number of hydrogen-bond acceptors (Lipinski definition) is 4. The zero-order valence-corrected chi connectivity index (χ0v) is 9.53. The number of aliphatic carboxylic acids is 1. The molecule has 0 bridgehead atoms. The Labute approximate surface area is 97.9 Å². The predicted octanol–water partition coefficient (Wildman–Crippen LogP) is 1.29. The summed E-state index contributed by atoms with van der Waals surface area (Å²) in [5.41, 5.74) is 1.88. The topological polar surface area (TPSA) is 80.9 Å². The molecule has 0 saturated carbocycles. The third-order valence-electron chi connectivity index (χ3n) is 2.49. The van der Waals surface area contributed by atoms with Crippen molar-refractivity contribution >= 4 is 5.97 Å². The van der Waals surface area contributed by atoms with E-state index in [4.69, 9.17) is 5.11 Å². The van der Waals surface area contributed by atoms with Gasteiger partial charge >= 0.3 is 5.97 Å². The van der Waals surface area contributed by atoms with Crippen LogP contribution in [-0.2, 0) is 4.79 Å². The maximum absolute atomic E-state index is 10.9. The van der Waals surface area contributed by atoms with Crippen molar-refractivity contribution in [1.29, 1.82) is 0 Å². The molecule has 88 valence electrons. The zero-order chi connectivity index (χ0) is 12.4. The first-order chi connectivity index (χ1) is 8.09. The first-order valence-corrected chi connectivity index (χ1v) is 5.17. The molecule has 17 heavy (non-hydrogen) atoms. The Bertz CT molecular complexity index is 550. The molecule has 0 amide bonds. The Kier molecular flexibility index (Phi) is 2.86. The second-order valence-electron chi connectivity index (χ2n) is 3.83. The number of carbonyl (C=O) groups is 1. The average molecular weight is 232 g/mol. The van der Waals surface area contributed by atoms with Crippen LogP contribution < -0.4 is 0 Å². The highest BCUT2D eigenvalue weighted by molar-refractivity contribution is 5.72. The number of carboxylic acids is 1. The van der Waals surface area contributed by atoms with Crippen LogP contribution in [0.1, 0.15) is 18.5 Å². The molecule has 0 radical (unpaired) electrons. The molecule has 0 spiro atoms. The van der Waals surface area contributed by atoms with Crippen molar-refractivity contribution in [3.63, 3.8) is 0 Å². The van der Waals surface area contributed by atoms with E-state index in [1.54, 1.807) is 0 Å². The summed E-state index contributed by atoms with van der Waals surface area (Å²) >= 11 is 0. The number of nitrogens with zero attached hydrogens (tertiary/aromatic N) is 4. The predicted molar refractivity (Wildman–Crippen MR) is 60.3 cm³/mol. The molecule has 0 aliphatic carbocycles. The molecule has 2 rings (SSSR count). The molecule has 1 unspecified atom stereocenters. The van der Waals surface area contributed by atoms with Gasteiger partial charge in [-0.25, -0.2) is 9.48 Å². The fraction of sp³-hybridized carbons (Fsp3) is 0.273. The van der Waals surface area contributed by atoms with Crippen molar-refractivity contribution in [2.24, 2.45) is 0 Å². The van der Waals surface area contributed by atoms with Crippen LogP contribution in [0.15, 0.2) is 24.3 Å². The van der Waals surface area contributed by atoms with Crippen molar-refractivity contribution < 1.29 is 9.90 Å². The Morgan fingerprint density at radius 1 is 1.47 bits per heavy atom. The number of rotatable bonds is 3. The van der Waals surface area contributed by atoms with Crippen molar-refractivity contribution in [3.05, 3.63) is 29.8 Å². The summed E-state index contributed by atoms with van der Waals surface area (Å²) in [6, 6.07) is 6.81. The van der Waals surface area contributed by atoms with Crippen LogP contribution in [0.25, 0.3) is 11.4 Å². The smallest absolute Gasteiger partial charge is 0.328 e. The van der Waals surface area contributed by atoms with Crippen molar-refractivity contribution in [3.8, 4) is 11.4 Å². The maximum Gasteiger partial charge on any atom is 0.328 e. The number of tetrazole rings is 1. The van der Waals surface area contributed by atoms with E-state index in [2.05, 4.69) is 15.5 Å². The van der Waals surface area contributed by atoms with Gasteiger partial charge in [-0.05, 0) is 30.3 Å². The van der Waals surface area contributed by atoms with E-state index in [9.17, 15) is 4.79 Å². The highest BCUT2D eigenvalue weighted by atomic mass is 16.4. The Hall–Kier alpha value is -2.24. The molecule has 0 aliphatic heterocycles. The average Bonchev–Trinajstić information content (AvgIpc) is 2.76. The molecule has 0 saturated heterocycles. The van der Waals surface area contributed by atoms with Crippen LogP contribution in [0.3, 0.4) is 0 Å². The van der Waals surface area contributed by atoms with Gasteiger partial charge < -0.3 is 5.11 Å². The molecule has 0 fully saturated rings. The maximum atomic E-state index is 10.9. The molecule has 6 heteroatoms. The second-order valence-corrected chi connectivity index (χ2v) is 3.83. The molecular formula is C11H12N4O2. The Balaban J connectivity index is 2.47. The van der Waals surface area contributed by atoms with E-state index in [1.165, 1.54) is 11.6 Å². The van der Waals surface area contributed by atoms with Crippen LogP contribution in [0, 0.1) is 6.92 Å². The quantitative estimate of drug-likeness (QED) is 0.862. The Morgan fingerprint density at radius 3 is 2.88 bits per heavy atom. The zero-order valence-electron chi connectivity index (χ0n) is 9.53. The molecule has 6 nitrogen and oxygen atoms in total. The molecule has 2 aromatic rings. The Morgan fingerprint density at radius 2 is 2.24 bits per heavy atom. The SMILES string of the molecule is Cc1cccc(-c2nnnn2C(C)C(=O)O)c1. The van der Waals surface area contributed by atoms with Crippen LogP contribution in [0.2, 0.25) is 0 Å². The lowest BCUT2D eigenvalue weighted by Crippen LogP contribution is -2.18. The number of carboxylic acid groups (broad SMARTS) is 1. The van der Waals surface area contributed by atoms with Gasteiger partial charge in [0.1, 0.15) is 0 Å². The van der Waals surface area contributed by atoms with Crippen LogP contribution >= 0.6 is 0 Å². The first-order valence-electron chi connectivity index (χ1n) is 5.17. The third kappa shape index (κ3) is 2.15. The van der Waals surface area contributed by atoms with Crippen molar-refractivity contribution in [2.75, 3.05) is 0 Å². The van der Waals surface area contributed by atoms with Crippen molar-refractivity contribution in [1.82, 2.24) is 20.2 Å². The molecule has 0 aliphatic rings. The van der Waals surface area contributed by atoms with Gasteiger partial charge in [-0.2, -0.15) is 0 Å². The van der Waals surface area contributed by atoms with Gasteiger partial charge in [0.2, 0.25) is 0 Å². The van der Waals surface area contributed by atoms with Gasteiger partial charge in [0.05, 0.1) is 0 Å². The molecule has 1 N–H and O–H groups in total. The van der Waals surface area contributed by atoms with Gasteiger partial charge in [-0.3, -0.25) is 0 Å². The largest absolute Gasteiger partial charge is 0.480 e. The van der Waals surface area contributed by atoms with Crippen molar-refractivity contribution in [2.45, 2.75) is 19.9 Å². The van der Waals surface area contributed by atoms with Gasteiger partial charge in [-0.1, -0.05) is 23.8 Å². The molecule has 1 aromatic heterocycles. The number of aryl methyl sites for hydroxylation is 1. The molecule has 1 aromatic carbocycles. The van der Waals surface area contributed by atoms with Crippen LogP contribution in [-0.4, -0.2) is 31.3 Å². The first kappa shape index (κ1) is 11.3. The van der Waals surface area contributed by atoms with E-state index in [-0.39, 0.29) is 0 Å². The summed E-state index contributed by atoms with van der Waals surface area (Å²) in [7, 11) is 0. The number of aromatic nitrogens is 4. The van der Waals surface area contributed by atoms with E-state index in [1.807, 2.05) is 31.2 Å². The summed E-state index contributed by atoms with van der Waals surface area (Å²) < 4.78 is 1.30. The second kappa shape index (κ2) is 4.32. The number of benzene rings is 1. The number of hydrogen-bond donors (Lipinski definition) is 1. The molecular weight excluding hydrogens is 220 g/mol. The van der Waals surface area contributed by atoms with Gasteiger partial charge in [0.15, 0.2) is 11.9 Å². The standard InChI is InChI=1S/C11H12N4O2/c1-7-4-3-5-9(6-7)10-12-13-14-15(10)8(2)11(16)17/h3-6,8H,1-2H3,(H,16,17). The van der Waals surface area contributed by atoms with Crippen LogP contribution in [0.4, 0.5) is 0 Å². The summed E-state index contributed by atoms with van der Waals surface area (Å²) in [6.45, 7) is 3.50. The monoisotopic (exact) mass is 232 g/mol. The van der Waals surface area contributed by atoms with E-state index < -0.39 is 12.0 Å². The highest BCUT2D eigenvalue weighted by Gasteiger charge is 2.19. The van der Waals surface area contributed by atoms with Gasteiger partial charge in [-0.15, -0.1) is 5.10 Å². The third-order valence-corrected chi connectivity index (χ3v) is 2.49. The van der Waals surface area contributed by atoms with Gasteiger partial charge in [0.25, 0.3) is 0 Å². The van der Waals surface area contributed by atoms with E-state index in [0.717, 1.165) is 11.1 Å². The van der Waals surface area contributed by atoms with Gasteiger partial charge in [0, 0.05) is 5.56 Å².